The number of hydrogen-bond acceptors (Lipinski definition) is 4. The maximum Gasteiger partial charge on any atom is 0.358 e. The number of ether oxygens (including phenoxy) is 1. The molecule has 0 spiro atoms. The van der Waals surface area contributed by atoms with Crippen LogP contribution in [0.2, 0.25) is 0 Å². The maximum absolute atomic E-state index is 10.8. The topological polar surface area (TPSA) is 72.6 Å². The van der Waals surface area contributed by atoms with E-state index < -0.39 is 5.97 Å². The van der Waals surface area contributed by atoms with Crippen molar-refractivity contribution in [2.75, 3.05) is 7.11 Å². The molecule has 5 heteroatoms. The summed E-state index contributed by atoms with van der Waals surface area (Å²) in [7, 11) is 1.63. The van der Waals surface area contributed by atoms with E-state index in [1.807, 2.05) is 18.2 Å². The SMILES string of the molecule is COc1cc(-c2cc(C(=O)O)no2)ccc1C1CC1. The van der Waals surface area contributed by atoms with E-state index in [-0.39, 0.29) is 5.69 Å². The summed E-state index contributed by atoms with van der Waals surface area (Å²) in [4.78, 5) is 10.8. The number of carbonyl (C=O) groups is 1. The van der Waals surface area contributed by atoms with Gasteiger partial charge in [0.15, 0.2) is 11.5 Å². The first-order valence-electron chi connectivity index (χ1n) is 6.07. The Labute approximate surface area is 109 Å². The zero-order valence-corrected chi connectivity index (χ0v) is 10.4. The highest BCUT2D eigenvalue weighted by Gasteiger charge is 2.27. The third kappa shape index (κ3) is 2.19. The highest BCUT2D eigenvalue weighted by atomic mass is 16.5. The smallest absolute Gasteiger partial charge is 0.358 e. The molecule has 1 aliphatic rings. The van der Waals surface area contributed by atoms with Gasteiger partial charge < -0.3 is 14.4 Å². The number of carboxylic acid groups (broad SMARTS) is 1. The fraction of sp³-hybridized carbons (Fsp3) is 0.286. The van der Waals surface area contributed by atoms with Gasteiger partial charge in [-0.3, -0.25) is 0 Å². The second-order valence-electron chi connectivity index (χ2n) is 4.61. The standard InChI is InChI=1S/C14H13NO4/c1-18-13-6-9(4-5-10(13)8-2-3-8)12-7-11(14(16)17)15-19-12/h4-8H,2-3H2,1H3,(H,16,17). The fourth-order valence-corrected chi connectivity index (χ4v) is 2.11. The summed E-state index contributed by atoms with van der Waals surface area (Å²) < 4.78 is 10.4. The average molecular weight is 259 g/mol. The van der Waals surface area contributed by atoms with E-state index in [1.54, 1.807) is 7.11 Å². The predicted molar refractivity (Wildman–Crippen MR) is 67.4 cm³/mol. The minimum atomic E-state index is -1.10. The fourth-order valence-electron chi connectivity index (χ4n) is 2.11. The molecule has 5 nitrogen and oxygen atoms in total. The number of hydrogen-bond donors (Lipinski definition) is 1. The molecule has 0 unspecified atom stereocenters. The lowest BCUT2D eigenvalue weighted by molar-refractivity contribution is 0.0686. The van der Waals surface area contributed by atoms with Crippen LogP contribution < -0.4 is 4.74 Å². The molecule has 1 heterocycles. The molecule has 0 saturated heterocycles. The van der Waals surface area contributed by atoms with Crippen LogP contribution in [0.15, 0.2) is 28.8 Å². The van der Waals surface area contributed by atoms with Gasteiger partial charge in [0.1, 0.15) is 5.75 Å². The van der Waals surface area contributed by atoms with E-state index in [0.29, 0.717) is 11.7 Å². The van der Waals surface area contributed by atoms with E-state index in [9.17, 15) is 4.79 Å². The molecule has 19 heavy (non-hydrogen) atoms. The molecular formula is C14H13NO4. The Bertz CT molecular complexity index is 628. The van der Waals surface area contributed by atoms with Crippen molar-refractivity contribution >= 4 is 5.97 Å². The molecule has 0 amide bonds. The zero-order valence-electron chi connectivity index (χ0n) is 10.4. The molecule has 0 aliphatic heterocycles. The van der Waals surface area contributed by atoms with Gasteiger partial charge in [0, 0.05) is 11.6 Å². The summed E-state index contributed by atoms with van der Waals surface area (Å²) in [6.07, 6.45) is 2.39. The van der Waals surface area contributed by atoms with Gasteiger partial charge in [0.05, 0.1) is 7.11 Å². The van der Waals surface area contributed by atoms with E-state index in [1.165, 1.54) is 24.5 Å². The average Bonchev–Trinajstić information content (AvgIpc) is 3.14. The number of rotatable bonds is 4. The minimum absolute atomic E-state index is 0.0970. The lowest BCUT2D eigenvalue weighted by Gasteiger charge is -2.08. The number of aromatic nitrogens is 1. The molecule has 1 saturated carbocycles. The summed E-state index contributed by atoms with van der Waals surface area (Å²) in [5.74, 6) is 0.733. The van der Waals surface area contributed by atoms with Crippen molar-refractivity contribution in [1.82, 2.24) is 5.16 Å². The number of aromatic carboxylic acids is 1. The molecule has 0 radical (unpaired) electrons. The van der Waals surface area contributed by atoms with Crippen LogP contribution in [0.1, 0.15) is 34.8 Å². The van der Waals surface area contributed by atoms with Crippen molar-refractivity contribution in [3.05, 3.63) is 35.5 Å². The summed E-state index contributed by atoms with van der Waals surface area (Å²) in [5, 5.41) is 12.3. The van der Waals surface area contributed by atoms with Gasteiger partial charge in [-0.05, 0) is 30.4 Å². The zero-order chi connectivity index (χ0) is 13.4. The number of methoxy groups -OCH3 is 1. The van der Waals surface area contributed by atoms with Gasteiger partial charge in [0.25, 0.3) is 0 Å². The van der Waals surface area contributed by atoms with Crippen molar-refractivity contribution < 1.29 is 19.2 Å². The lowest BCUT2D eigenvalue weighted by atomic mass is 10.0. The molecule has 1 aliphatic carbocycles. The van der Waals surface area contributed by atoms with Crippen LogP contribution in [0, 0.1) is 0 Å². The van der Waals surface area contributed by atoms with Gasteiger partial charge in [-0.2, -0.15) is 0 Å². The molecular weight excluding hydrogens is 246 g/mol. The summed E-state index contributed by atoms with van der Waals surface area (Å²) in [6.45, 7) is 0. The lowest BCUT2D eigenvalue weighted by Crippen LogP contribution is -1.94. The molecule has 1 N–H and O–H groups in total. The van der Waals surface area contributed by atoms with Crippen molar-refractivity contribution in [3.63, 3.8) is 0 Å². The first-order valence-corrected chi connectivity index (χ1v) is 6.07. The molecule has 2 aromatic rings. The third-order valence-corrected chi connectivity index (χ3v) is 3.26. The molecule has 98 valence electrons. The van der Waals surface area contributed by atoms with E-state index in [2.05, 4.69) is 5.16 Å². The second kappa shape index (κ2) is 4.42. The van der Waals surface area contributed by atoms with E-state index in [0.717, 1.165) is 11.3 Å². The third-order valence-electron chi connectivity index (χ3n) is 3.26. The summed E-state index contributed by atoms with van der Waals surface area (Å²) in [6, 6.07) is 7.19. The van der Waals surface area contributed by atoms with Crippen LogP contribution >= 0.6 is 0 Å². The minimum Gasteiger partial charge on any atom is -0.496 e. The highest BCUT2D eigenvalue weighted by Crippen LogP contribution is 2.45. The highest BCUT2D eigenvalue weighted by molar-refractivity contribution is 5.86. The molecule has 3 rings (SSSR count). The quantitative estimate of drug-likeness (QED) is 0.913. The summed E-state index contributed by atoms with van der Waals surface area (Å²) >= 11 is 0. The number of carboxylic acids is 1. The Morgan fingerprint density at radius 3 is 2.79 bits per heavy atom. The molecule has 1 aromatic heterocycles. The normalized spacial score (nSPS) is 14.4. The van der Waals surface area contributed by atoms with Gasteiger partial charge in [0.2, 0.25) is 0 Å². The molecule has 0 bridgehead atoms. The van der Waals surface area contributed by atoms with Gasteiger partial charge >= 0.3 is 5.97 Å². The van der Waals surface area contributed by atoms with E-state index >= 15 is 0 Å². The number of benzene rings is 1. The largest absolute Gasteiger partial charge is 0.496 e. The van der Waals surface area contributed by atoms with Crippen molar-refractivity contribution in [2.24, 2.45) is 0 Å². The van der Waals surface area contributed by atoms with Crippen LogP contribution in [0.3, 0.4) is 0 Å². The van der Waals surface area contributed by atoms with Crippen molar-refractivity contribution in [2.45, 2.75) is 18.8 Å². The first kappa shape index (κ1) is 11.8. The Kier molecular flexibility index (Phi) is 2.74. The molecule has 1 fully saturated rings. The van der Waals surface area contributed by atoms with Crippen LogP contribution in [-0.2, 0) is 0 Å². The van der Waals surface area contributed by atoms with Crippen LogP contribution in [0.4, 0.5) is 0 Å². The summed E-state index contributed by atoms with van der Waals surface area (Å²) in [5.41, 5.74) is 1.87. The van der Waals surface area contributed by atoms with Crippen molar-refractivity contribution in [1.29, 1.82) is 0 Å². The Morgan fingerprint density at radius 2 is 2.21 bits per heavy atom. The van der Waals surface area contributed by atoms with Crippen LogP contribution in [0.25, 0.3) is 11.3 Å². The Hall–Kier alpha value is -2.30. The first-order chi connectivity index (χ1) is 9.19. The Morgan fingerprint density at radius 1 is 1.42 bits per heavy atom. The van der Waals surface area contributed by atoms with Crippen LogP contribution in [0.5, 0.6) is 5.75 Å². The van der Waals surface area contributed by atoms with Gasteiger partial charge in [-0.25, -0.2) is 4.79 Å². The van der Waals surface area contributed by atoms with Crippen molar-refractivity contribution in [3.8, 4) is 17.1 Å². The molecule has 0 atom stereocenters. The van der Waals surface area contributed by atoms with Gasteiger partial charge in [-0.15, -0.1) is 0 Å². The second-order valence-corrected chi connectivity index (χ2v) is 4.61. The van der Waals surface area contributed by atoms with Crippen LogP contribution in [-0.4, -0.2) is 23.3 Å². The van der Waals surface area contributed by atoms with E-state index in [4.69, 9.17) is 14.4 Å². The Balaban J connectivity index is 1.97. The number of nitrogens with zero attached hydrogens (tertiary/aromatic N) is 1. The monoisotopic (exact) mass is 259 g/mol. The predicted octanol–water partition coefficient (Wildman–Crippen LogP) is 2.93. The molecule has 1 aromatic carbocycles. The van der Waals surface area contributed by atoms with Gasteiger partial charge in [-0.1, -0.05) is 17.3 Å². The maximum atomic E-state index is 10.8.